The summed E-state index contributed by atoms with van der Waals surface area (Å²) in [4.78, 5) is 2.72. The molecule has 3 atom stereocenters. The SMILES string of the molecule is CCC1(c2cccc(NS(=O)(=O)CCOC)c2)C2CN(C3Cc4ccccc4C3)CC21C. The Morgan fingerprint density at radius 1 is 1.12 bits per heavy atom. The van der Waals surface area contributed by atoms with Gasteiger partial charge in [0.1, 0.15) is 0 Å². The van der Waals surface area contributed by atoms with Crippen LogP contribution in [0.3, 0.4) is 0 Å². The summed E-state index contributed by atoms with van der Waals surface area (Å²) in [6.45, 7) is 7.17. The van der Waals surface area contributed by atoms with Gasteiger partial charge in [0.2, 0.25) is 10.0 Å². The molecular weight excluding hydrogens is 420 g/mol. The standard InChI is InChI=1S/C26H34N2O3S/c1-4-26(21-10-7-11-22(16-21)27-32(29,30)13-12-31-3)24-17-28(18-25(24,26)2)23-14-19-8-5-6-9-20(19)15-23/h5-11,16,23-24,27H,4,12-15,17-18H2,1-3H3. The smallest absolute Gasteiger partial charge is 0.234 e. The molecule has 5 nitrogen and oxygen atoms in total. The number of likely N-dealkylation sites (tertiary alicyclic amines) is 1. The molecule has 1 N–H and O–H groups in total. The van der Waals surface area contributed by atoms with Gasteiger partial charge in [0.05, 0.1) is 12.4 Å². The number of methoxy groups -OCH3 is 1. The van der Waals surface area contributed by atoms with Crippen molar-refractivity contribution in [1.82, 2.24) is 4.90 Å². The molecule has 1 saturated carbocycles. The van der Waals surface area contributed by atoms with Crippen LogP contribution in [0.15, 0.2) is 48.5 Å². The maximum absolute atomic E-state index is 12.3. The Morgan fingerprint density at radius 2 is 1.84 bits per heavy atom. The Hall–Kier alpha value is -1.89. The molecule has 6 heteroatoms. The molecule has 0 amide bonds. The summed E-state index contributed by atoms with van der Waals surface area (Å²) in [5, 5.41) is 0. The summed E-state index contributed by atoms with van der Waals surface area (Å²) < 4.78 is 32.4. The Kier molecular flexibility index (Phi) is 5.38. The first kappa shape index (κ1) is 21.9. The van der Waals surface area contributed by atoms with Gasteiger partial charge in [-0.15, -0.1) is 0 Å². The minimum atomic E-state index is -3.41. The number of hydrogen-bond acceptors (Lipinski definition) is 4. The van der Waals surface area contributed by atoms with Crippen molar-refractivity contribution in [3.63, 3.8) is 0 Å². The van der Waals surface area contributed by atoms with E-state index in [-0.39, 0.29) is 23.2 Å². The Bertz CT molecular complexity index is 1090. The lowest BCUT2D eigenvalue weighted by Gasteiger charge is -2.33. The van der Waals surface area contributed by atoms with Crippen LogP contribution in [0, 0.1) is 11.3 Å². The lowest BCUT2D eigenvalue weighted by molar-refractivity contribution is 0.184. The molecule has 32 heavy (non-hydrogen) atoms. The summed E-state index contributed by atoms with van der Waals surface area (Å²) in [6, 6.07) is 17.6. The monoisotopic (exact) mass is 454 g/mol. The van der Waals surface area contributed by atoms with E-state index in [1.165, 1.54) is 23.8 Å². The number of anilines is 1. The third kappa shape index (κ3) is 3.39. The van der Waals surface area contributed by atoms with Crippen LogP contribution < -0.4 is 4.72 Å². The molecule has 5 rings (SSSR count). The highest BCUT2D eigenvalue weighted by atomic mass is 32.2. The molecular formula is C26H34N2O3S. The second-order valence-corrected chi connectivity index (χ2v) is 11.9. The fourth-order valence-electron chi connectivity index (χ4n) is 6.93. The summed E-state index contributed by atoms with van der Waals surface area (Å²) in [6.07, 6.45) is 3.40. The van der Waals surface area contributed by atoms with E-state index >= 15 is 0 Å². The van der Waals surface area contributed by atoms with Gasteiger partial charge in [-0.25, -0.2) is 8.42 Å². The number of fused-ring (bicyclic) bond motifs is 2. The van der Waals surface area contributed by atoms with Gasteiger partial charge in [-0.3, -0.25) is 9.62 Å². The topological polar surface area (TPSA) is 58.6 Å². The average molecular weight is 455 g/mol. The van der Waals surface area contributed by atoms with Gasteiger partial charge in [-0.1, -0.05) is 50.2 Å². The van der Waals surface area contributed by atoms with E-state index in [1.807, 2.05) is 12.1 Å². The molecule has 172 valence electrons. The number of piperidine rings is 1. The van der Waals surface area contributed by atoms with E-state index in [9.17, 15) is 8.42 Å². The quantitative estimate of drug-likeness (QED) is 0.658. The normalized spacial score (nSPS) is 29.7. The van der Waals surface area contributed by atoms with E-state index in [1.54, 1.807) is 0 Å². The van der Waals surface area contributed by atoms with Crippen LogP contribution in [0.4, 0.5) is 5.69 Å². The predicted molar refractivity (Wildman–Crippen MR) is 129 cm³/mol. The Labute approximate surface area is 192 Å². The van der Waals surface area contributed by atoms with Crippen molar-refractivity contribution in [1.29, 1.82) is 0 Å². The van der Waals surface area contributed by atoms with Crippen molar-refractivity contribution in [2.75, 3.05) is 37.3 Å². The molecule has 1 saturated heterocycles. The van der Waals surface area contributed by atoms with Crippen molar-refractivity contribution in [3.05, 3.63) is 65.2 Å². The molecule has 2 fully saturated rings. The van der Waals surface area contributed by atoms with E-state index in [0.717, 1.165) is 32.4 Å². The van der Waals surface area contributed by atoms with Gasteiger partial charge in [0, 0.05) is 37.3 Å². The lowest BCUT2D eigenvalue weighted by atomic mass is 9.83. The number of ether oxygens (including phenoxy) is 1. The highest BCUT2D eigenvalue weighted by molar-refractivity contribution is 7.92. The summed E-state index contributed by atoms with van der Waals surface area (Å²) >= 11 is 0. The van der Waals surface area contributed by atoms with Gasteiger partial charge in [0.25, 0.3) is 0 Å². The Morgan fingerprint density at radius 3 is 2.44 bits per heavy atom. The van der Waals surface area contributed by atoms with Gasteiger partial charge >= 0.3 is 0 Å². The molecule has 0 radical (unpaired) electrons. The van der Waals surface area contributed by atoms with Gasteiger partial charge in [-0.05, 0) is 59.4 Å². The minimum Gasteiger partial charge on any atom is -0.384 e. The lowest BCUT2D eigenvalue weighted by Crippen LogP contribution is -2.40. The van der Waals surface area contributed by atoms with Crippen LogP contribution in [0.2, 0.25) is 0 Å². The predicted octanol–water partition coefficient (Wildman–Crippen LogP) is 3.84. The maximum atomic E-state index is 12.3. The summed E-state index contributed by atoms with van der Waals surface area (Å²) in [5.74, 6) is 0.579. The van der Waals surface area contributed by atoms with Crippen molar-refractivity contribution >= 4 is 15.7 Å². The number of nitrogens with one attached hydrogen (secondary N) is 1. The van der Waals surface area contributed by atoms with Crippen LogP contribution in [0.5, 0.6) is 0 Å². The van der Waals surface area contributed by atoms with Crippen molar-refractivity contribution in [3.8, 4) is 0 Å². The van der Waals surface area contributed by atoms with Crippen LogP contribution in [-0.4, -0.2) is 51.9 Å². The fraction of sp³-hybridized carbons (Fsp3) is 0.538. The number of nitrogens with zero attached hydrogens (tertiary/aromatic N) is 1. The van der Waals surface area contributed by atoms with Crippen LogP contribution in [-0.2, 0) is 33.0 Å². The maximum Gasteiger partial charge on any atom is 0.234 e. The highest BCUT2D eigenvalue weighted by Gasteiger charge is 2.76. The van der Waals surface area contributed by atoms with E-state index in [4.69, 9.17) is 4.74 Å². The molecule has 2 aliphatic carbocycles. The fourth-order valence-corrected chi connectivity index (χ4v) is 7.91. The first-order chi connectivity index (χ1) is 15.3. The van der Waals surface area contributed by atoms with E-state index < -0.39 is 10.0 Å². The number of rotatable bonds is 8. The molecule has 3 aliphatic rings. The highest BCUT2D eigenvalue weighted by Crippen LogP contribution is 2.74. The van der Waals surface area contributed by atoms with Crippen molar-refractivity contribution in [2.45, 2.75) is 44.6 Å². The number of sulfonamides is 1. The molecule has 2 aromatic carbocycles. The van der Waals surface area contributed by atoms with Crippen LogP contribution in [0.1, 0.15) is 37.0 Å². The first-order valence-corrected chi connectivity index (χ1v) is 13.4. The zero-order valence-electron chi connectivity index (χ0n) is 19.3. The zero-order chi connectivity index (χ0) is 22.6. The molecule has 3 unspecified atom stereocenters. The van der Waals surface area contributed by atoms with Gasteiger partial charge < -0.3 is 4.74 Å². The second kappa shape index (κ2) is 7.86. The van der Waals surface area contributed by atoms with Crippen molar-refractivity contribution < 1.29 is 13.2 Å². The Balaban J connectivity index is 1.32. The molecule has 0 aromatic heterocycles. The third-order valence-corrected chi connectivity index (χ3v) is 9.81. The summed E-state index contributed by atoms with van der Waals surface area (Å²) in [7, 11) is -1.89. The minimum absolute atomic E-state index is 0.0360. The van der Waals surface area contributed by atoms with Crippen LogP contribution >= 0.6 is 0 Å². The molecule has 1 aliphatic heterocycles. The third-order valence-electron chi connectivity index (χ3n) is 8.56. The van der Waals surface area contributed by atoms with Crippen molar-refractivity contribution in [2.24, 2.45) is 11.3 Å². The first-order valence-electron chi connectivity index (χ1n) is 11.7. The second-order valence-electron chi connectivity index (χ2n) is 10.0. The number of benzene rings is 2. The largest absolute Gasteiger partial charge is 0.384 e. The molecule has 0 bridgehead atoms. The molecule has 1 heterocycles. The zero-order valence-corrected chi connectivity index (χ0v) is 20.1. The summed E-state index contributed by atoms with van der Waals surface area (Å²) in [5.41, 5.74) is 5.32. The van der Waals surface area contributed by atoms with E-state index in [0.29, 0.717) is 17.6 Å². The molecule has 2 aromatic rings. The average Bonchev–Trinajstić information content (AvgIpc) is 3.11. The van der Waals surface area contributed by atoms with Gasteiger partial charge in [-0.2, -0.15) is 0 Å². The van der Waals surface area contributed by atoms with E-state index in [2.05, 4.69) is 59.9 Å². The molecule has 0 spiro atoms. The van der Waals surface area contributed by atoms with Gasteiger partial charge in [0.15, 0.2) is 0 Å². The van der Waals surface area contributed by atoms with Crippen LogP contribution in [0.25, 0.3) is 0 Å². The number of hydrogen-bond donors (Lipinski definition) is 1.